The fourth-order valence-electron chi connectivity index (χ4n) is 2.40. The van der Waals surface area contributed by atoms with Crippen LogP contribution in [0.3, 0.4) is 0 Å². The molecule has 1 aromatic carbocycles. The van der Waals surface area contributed by atoms with Gasteiger partial charge >= 0.3 is 0 Å². The van der Waals surface area contributed by atoms with Gasteiger partial charge in [0.2, 0.25) is 0 Å². The van der Waals surface area contributed by atoms with Crippen molar-refractivity contribution in [1.29, 1.82) is 0 Å². The van der Waals surface area contributed by atoms with Crippen LogP contribution >= 0.6 is 11.8 Å². The molecule has 1 aliphatic rings. The second-order valence-electron chi connectivity index (χ2n) is 4.96. The Morgan fingerprint density at radius 1 is 1.32 bits per heavy atom. The minimum absolute atomic E-state index is 0.589. The molecule has 4 nitrogen and oxygen atoms in total. The highest BCUT2D eigenvalue weighted by atomic mass is 32.2. The minimum atomic E-state index is 0.589. The highest BCUT2D eigenvalue weighted by Gasteiger charge is 2.23. The van der Waals surface area contributed by atoms with E-state index < -0.39 is 0 Å². The number of hydrogen-bond donors (Lipinski definition) is 1. The summed E-state index contributed by atoms with van der Waals surface area (Å²) < 4.78 is 1.93. The van der Waals surface area contributed by atoms with E-state index in [0.29, 0.717) is 11.3 Å². The SMILES string of the molecule is CC1SCCC1Nc1ccc(-c2nncn2C)cc1. The van der Waals surface area contributed by atoms with Gasteiger partial charge in [0.15, 0.2) is 5.82 Å². The third-order valence-electron chi connectivity index (χ3n) is 3.58. The molecule has 1 saturated heterocycles. The first-order valence-electron chi connectivity index (χ1n) is 6.56. The number of rotatable bonds is 3. The van der Waals surface area contributed by atoms with Crippen LogP contribution in [0.2, 0.25) is 0 Å². The minimum Gasteiger partial charge on any atom is -0.381 e. The zero-order valence-corrected chi connectivity index (χ0v) is 12.0. The molecule has 3 rings (SSSR count). The molecule has 0 aliphatic carbocycles. The predicted molar refractivity (Wildman–Crippen MR) is 80.4 cm³/mol. The second-order valence-corrected chi connectivity index (χ2v) is 6.44. The average Bonchev–Trinajstić information content (AvgIpc) is 3.00. The molecule has 2 aromatic rings. The van der Waals surface area contributed by atoms with Crippen LogP contribution in [-0.2, 0) is 7.05 Å². The monoisotopic (exact) mass is 274 g/mol. The molecule has 0 spiro atoms. The molecule has 0 saturated carbocycles. The highest BCUT2D eigenvalue weighted by Crippen LogP contribution is 2.29. The third-order valence-corrected chi connectivity index (χ3v) is 4.91. The summed E-state index contributed by atoms with van der Waals surface area (Å²) in [6, 6.07) is 9.03. The lowest BCUT2D eigenvalue weighted by Gasteiger charge is -2.18. The van der Waals surface area contributed by atoms with Crippen molar-refractivity contribution in [2.24, 2.45) is 7.05 Å². The molecule has 1 N–H and O–H groups in total. The molecule has 1 aliphatic heterocycles. The smallest absolute Gasteiger partial charge is 0.163 e. The summed E-state index contributed by atoms with van der Waals surface area (Å²) in [4.78, 5) is 0. The Bertz CT molecular complexity index is 549. The lowest BCUT2D eigenvalue weighted by molar-refractivity contribution is 0.724. The standard InChI is InChI=1S/C14H18N4S/c1-10-13(7-8-19-10)16-12-5-3-11(4-6-12)14-17-15-9-18(14)2/h3-6,9-10,13,16H,7-8H2,1-2H3. The number of hydrogen-bond acceptors (Lipinski definition) is 4. The summed E-state index contributed by atoms with van der Waals surface area (Å²) in [6.07, 6.45) is 2.97. The average molecular weight is 274 g/mol. The zero-order chi connectivity index (χ0) is 13.2. The largest absolute Gasteiger partial charge is 0.381 e. The lowest BCUT2D eigenvalue weighted by atomic mass is 10.1. The quantitative estimate of drug-likeness (QED) is 0.934. The van der Waals surface area contributed by atoms with Crippen LogP contribution < -0.4 is 5.32 Å². The molecule has 0 bridgehead atoms. The molecule has 0 amide bonds. The fraction of sp³-hybridized carbons (Fsp3) is 0.429. The highest BCUT2D eigenvalue weighted by molar-refractivity contribution is 8.00. The second kappa shape index (κ2) is 5.25. The first-order valence-corrected chi connectivity index (χ1v) is 7.61. The van der Waals surface area contributed by atoms with Gasteiger partial charge in [-0.25, -0.2) is 0 Å². The van der Waals surface area contributed by atoms with E-state index in [2.05, 4.69) is 46.7 Å². The van der Waals surface area contributed by atoms with Crippen molar-refractivity contribution in [2.45, 2.75) is 24.6 Å². The van der Waals surface area contributed by atoms with Gasteiger partial charge in [-0.3, -0.25) is 0 Å². The van der Waals surface area contributed by atoms with Gasteiger partial charge in [-0.1, -0.05) is 6.92 Å². The van der Waals surface area contributed by atoms with Gasteiger partial charge in [-0.15, -0.1) is 10.2 Å². The van der Waals surface area contributed by atoms with E-state index in [-0.39, 0.29) is 0 Å². The van der Waals surface area contributed by atoms with E-state index in [4.69, 9.17) is 0 Å². The molecule has 0 radical (unpaired) electrons. The summed E-state index contributed by atoms with van der Waals surface area (Å²) in [5, 5.41) is 12.3. The lowest BCUT2D eigenvalue weighted by Crippen LogP contribution is -2.24. The van der Waals surface area contributed by atoms with Crippen molar-refractivity contribution in [3.05, 3.63) is 30.6 Å². The van der Waals surface area contributed by atoms with Crippen LogP contribution in [0.5, 0.6) is 0 Å². The summed E-state index contributed by atoms with van der Waals surface area (Å²) in [6.45, 7) is 2.29. The van der Waals surface area contributed by atoms with Gasteiger partial charge < -0.3 is 9.88 Å². The van der Waals surface area contributed by atoms with E-state index in [0.717, 1.165) is 11.4 Å². The van der Waals surface area contributed by atoms with E-state index in [1.807, 2.05) is 23.4 Å². The van der Waals surface area contributed by atoms with Crippen LogP contribution in [0.25, 0.3) is 11.4 Å². The zero-order valence-electron chi connectivity index (χ0n) is 11.2. The Morgan fingerprint density at radius 3 is 2.68 bits per heavy atom. The van der Waals surface area contributed by atoms with Crippen molar-refractivity contribution in [2.75, 3.05) is 11.1 Å². The van der Waals surface area contributed by atoms with Crippen molar-refractivity contribution in [3.8, 4) is 11.4 Å². The van der Waals surface area contributed by atoms with Crippen LogP contribution in [0.1, 0.15) is 13.3 Å². The summed E-state index contributed by atoms with van der Waals surface area (Å²) in [5.41, 5.74) is 2.28. The summed E-state index contributed by atoms with van der Waals surface area (Å²) in [5.74, 6) is 2.16. The number of aryl methyl sites for hydroxylation is 1. The van der Waals surface area contributed by atoms with E-state index >= 15 is 0 Å². The van der Waals surface area contributed by atoms with Gasteiger partial charge in [0.1, 0.15) is 6.33 Å². The first kappa shape index (κ1) is 12.5. The van der Waals surface area contributed by atoms with Crippen molar-refractivity contribution >= 4 is 17.4 Å². The van der Waals surface area contributed by atoms with Gasteiger partial charge in [-0.2, -0.15) is 11.8 Å². The predicted octanol–water partition coefficient (Wildman–Crippen LogP) is 2.79. The van der Waals surface area contributed by atoms with E-state index in [9.17, 15) is 0 Å². The van der Waals surface area contributed by atoms with E-state index in [1.54, 1.807) is 6.33 Å². The van der Waals surface area contributed by atoms with Crippen molar-refractivity contribution in [3.63, 3.8) is 0 Å². The maximum Gasteiger partial charge on any atom is 0.163 e. The maximum atomic E-state index is 4.12. The molecule has 2 heterocycles. The van der Waals surface area contributed by atoms with Crippen LogP contribution in [-0.4, -0.2) is 31.8 Å². The molecule has 5 heteroatoms. The number of aromatic nitrogens is 3. The number of anilines is 1. The topological polar surface area (TPSA) is 42.7 Å². The Labute approximate surface area is 117 Å². The Morgan fingerprint density at radius 2 is 2.11 bits per heavy atom. The molecule has 1 aromatic heterocycles. The maximum absolute atomic E-state index is 4.12. The van der Waals surface area contributed by atoms with Gasteiger partial charge in [-0.05, 0) is 36.4 Å². The summed E-state index contributed by atoms with van der Waals surface area (Å²) >= 11 is 2.04. The number of nitrogens with zero attached hydrogens (tertiary/aromatic N) is 3. The molecule has 19 heavy (non-hydrogen) atoms. The summed E-state index contributed by atoms with van der Waals surface area (Å²) in [7, 11) is 1.96. The van der Waals surface area contributed by atoms with Gasteiger partial charge in [0.05, 0.1) is 0 Å². The molecule has 100 valence electrons. The number of benzene rings is 1. The molecular formula is C14H18N4S. The number of thioether (sulfide) groups is 1. The van der Waals surface area contributed by atoms with Crippen LogP contribution in [0.15, 0.2) is 30.6 Å². The molecular weight excluding hydrogens is 256 g/mol. The molecule has 2 atom stereocenters. The van der Waals surface area contributed by atoms with Crippen LogP contribution in [0.4, 0.5) is 5.69 Å². The van der Waals surface area contributed by atoms with Gasteiger partial charge in [0, 0.05) is 29.6 Å². The number of nitrogens with one attached hydrogen (secondary N) is 1. The Kier molecular flexibility index (Phi) is 3.46. The molecule has 2 unspecified atom stereocenters. The van der Waals surface area contributed by atoms with Crippen LogP contribution in [0, 0.1) is 0 Å². The van der Waals surface area contributed by atoms with E-state index in [1.165, 1.54) is 17.9 Å². The normalized spacial score (nSPS) is 22.6. The van der Waals surface area contributed by atoms with Crippen molar-refractivity contribution in [1.82, 2.24) is 14.8 Å². The molecule has 1 fully saturated rings. The Balaban J connectivity index is 1.74. The fourth-order valence-corrected chi connectivity index (χ4v) is 3.59. The first-order chi connectivity index (χ1) is 9.24. The Hall–Kier alpha value is -1.49. The van der Waals surface area contributed by atoms with Gasteiger partial charge in [0.25, 0.3) is 0 Å². The van der Waals surface area contributed by atoms with Crippen molar-refractivity contribution < 1.29 is 0 Å². The third kappa shape index (κ3) is 2.61.